The number of rotatable bonds is 6. The monoisotopic (exact) mass is 554 g/mol. The number of halogens is 1. The summed E-state index contributed by atoms with van der Waals surface area (Å²) in [7, 11) is 0. The van der Waals surface area contributed by atoms with Gasteiger partial charge in [-0.25, -0.2) is 0 Å². The molecule has 2 aliphatic heterocycles. The van der Waals surface area contributed by atoms with Gasteiger partial charge in [-0.05, 0) is 74.4 Å². The maximum Gasteiger partial charge on any atom is 0.232 e. The Morgan fingerprint density at radius 2 is 1.63 bits per heavy atom. The molecule has 1 aromatic heterocycles. The van der Waals surface area contributed by atoms with Crippen LogP contribution in [0.4, 0.5) is 17.6 Å². The maximum atomic E-state index is 6.39. The third-order valence-corrected chi connectivity index (χ3v) is 9.15. The van der Waals surface area contributed by atoms with Crippen molar-refractivity contribution in [2.45, 2.75) is 83.0 Å². The normalized spacial score (nSPS) is 22.0. The smallest absolute Gasteiger partial charge is 0.232 e. The van der Waals surface area contributed by atoms with E-state index in [9.17, 15) is 0 Å². The van der Waals surface area contributed by atoms with Crippen molar-refractivity contribution in [2.75, 3.05) is 47.8 Å². The third-order valence-electron chi connectivity index (χ3n) is 8.67. The van der Waals surface area contributed by atoms with Crippen LogP contribution >= 0.6 is 23.8 Å². The van der Waals surface area contributed by atoms with Crippen molar-refractivity contribution < 1.29 is 0 Å². The summed E-state index contributed by atoms with van der Waals surface area (Å²) in [6.07, 6.45) is 13.6. The predicted molar refractivity (Wildman–Crippen MR) is 164 cm³/mol. The summed E-state index contributed by atoms with van der Waals surface area (Å²) >= 11 is 12.2. The topological polar surface area (TPSA) is 56.3 Å². The van der Waals surface area contributed by atoms with Crippen LogP contribution < -0.4 is 20.4 Å². The lowest BCUT2D eigenvalue weighted by Crippen LogP contribution is -2.43. The number of aromatic nitrogens is 2. The molecular weight excluding hydrogens is 512 g/mol. The van der Waals surface area contributed by atoms with Crippen LogP contribution in [0.1, 0.15) is 83.1 Å². The van der Waals surface area contributed by atoms with Gasteiger partial charge in [0.2, 0.25) is 5.95 Å². The Morgan fingerprint density at radius 3 is 2.34 bits per heavy atom. The molecule has 0 radical (unpaired) electrons. The third kappa shape index (κ3) is 6.90. The zero-order valence-electron chi connectivity index (χ0n) is 22.9. The fraction of sp³-hybridized carbons (Fsp3) is 0.633. The van der Waals surface area contributed by atoms with Crippen LogP contribution in [0.3, 0.4) is 0 Å². The van der Waals surface area contributed by atoms with Gasteiger partial charge in [0.25, 0.3) is 0 Å². The summed E-state index contributed by atoms with van der Waals surface area (Å²) in [5.74, 6) is 3.30. The molecule has 0 amide bonds. The zero-order chi connectivity index (χ0) is 26.4. The highest BCUT2D eigenvalue weighted by Crippen LogP contribution is 2.40. The van der Waals surface area contributed by atoms with Crippen LogP contribution in [0.15, 0.2) is 30.3 Å². The number of nitrogens with zero attached hydrogens (tertiary/aromatic N) is 4. The Morgan fingerprint density at radius 1 is 0.947 bits per heavy atom. The van der Waals surface area contributed by atoms with Crippen molar-refractivity contribution in [3.63, 3.8) is 0 Å². The minimum absolute atomic E-state index is 0.0404. The van der Waals surface area contributed by atoms with Crippen molar-refractivity contribution in [3.05, 3.63) is 40.9 Å². The van der Waals surface area contributed by atoms with E-state index in [0.717, 1.165) is 62.2 Å². The Bertz CT molecular complexity index is 1060. The molecule has 1 atom stereocenters. The van der Waals surface area contributed by atoms with Crippen molar-refractivity contribution in [1.82, 2.24) is 15.3 Å². The number of anilines is 3. The first-order chi connectivity index (χ1) is 18.5. The van der Waals surface area contributed by atoms with E-state index in [-0.39, 0.29) is 5.41 Å². The van der Waals surface area contributed by atoms with Crippen molar-refractivity contribution >= 4 is 46.5 Å². The second-order valence-corrected chi connectivity index (χ2v) is 12.5. The highest BCUT2D eigenvalue weighted by molar-refractivity contribution is 7.80. The Hall–Kier alpha value is -2.12. The molecule has 38 heavy (non-hydrogen) atoms. The zero-order valence-corrected chi connectivity index (χ0v) is 24.4. The molecule has 206 valence electrons. The van der Waals surface area contributed by atoms with E-state index in [2.05, 4.69) is 51.6 Å². The molecule has 3 heterocycles. The van der Waals surface area contributed by atoms with Crippen LogP contribution in [0.25, 0.3) is 0 Å². The molecule has 6 nitrogen and oxygen atoms in total. The number of piperidine rings is 1. The second-order valence-electron chi connectivity index (χ2n) is 11.7. The fourth-order valence-corrected chi connectivity index (χ4v) is 6.86. The average molecular weight is 555 g/mol. The second kappa shape index (κ2) is 12.8. The van der Waals surface area contributed by atoms with Gasteiger partial charge < -0.3 is 20.4 Å². The van der Waals surface area contributed by atoms with Crippen LogP contribution in [-0.4, -0.2) is 47.8 Å². The summed E-state index contributed by atoms with van der Waals surface area (Å²) in [5, 5.41) is 8.29. The van der Waals surface area contributed by atoms with E-state index in [4.69, 9.17) is 33.8 Å². The van der Waals surface area contributed by atoms with Crippen molar-refractivity contribution in [2.24, 2.45) is 5.92 Å². The van der Waals surface area contributed by atoms with Gasteiger partial charge in [0.1, 0.15) is 11.6 Å². The molecule has 0 spiro atoms. The molecule has 3 aliphatic rings. The standard InChI is InChI=1S/C30H43ClN6S/c1-23-11-10-18-37(21-23)27-20-26(36-16-7-2-3-8-17-36)33-28(34-27)35-29(38)32-22-30(14-5-4-6-15-30)24-12-9-13-25(31)19-24/h9,12-13,19-20,23H,2-8,10-11,14-18,21-22H2,1H3,(H2,32,33,34,35,38)/t23-/m0/s1. The maximum absolute atomic E-state index is 6.39. The van der Waals surface area contributed by atoms with Gasteiger partial charge in [-0.2, -0.15) is 9.97 Å². The van der Waals surface area contributed by atoms with Crippen LogP contribution in [0, 0.1) is 5.92 Å². The molecule has 2 aromatic rings. The summed E-state index contributed by atoms with van der Waals surface area (Å²) < 4.78 is 0. The molecule has 1 aliphatic carbocycles. The molecule has 2 N–H and O–H groups in total. The number of hydrogen-bond acceptors (Lipinski definition) is 5. The molecule has 0 bridgehead atoms. The number of nitrogens with one attached hydrogen (secondary N) is 2. The van der Waals surface area contributed by atoms with Gasteiger partial charge in [-0.1, -0.05) is 62.8 Å². The summed E-state index contributed by atoms with van der Waals surface area (Å²) in [6.45, 7) is 7.31. The molecule has 3 fully saturated rings. The van der Waals surface area contributed by atoms with Gasteiger partial charge in [0.05, 0.1) is 0 Å². The van der Waals surface area contributed by atoms with E-state index in [1.807, 2.05) is 6.07 Å². The van der Waals surface area contributed by atoms with Gasteiger partial charge in [0.15, 0.2) is 5.11 Å². The average Bonchev–Trinajstić information content (AvgIpc) is 3.22. The SMILES string of the molecule is C[C@H]1CCCN(c2cc(N3CCCCCC3)nc(NC(=S)NCC3(c4cccc(Cl)c4)CCCCC3)n2)C1. The van der Waals surface area contributed by atoms with E-state index in [0.29, 0.717) is 17.0 Å². The fourth-order valence-electron chi connectivity index (χ4n) is 6.51. The Balaban J connectivity index is 1.33. The molecule has 1 saturated carbocycles. The Labute approximate surface area is 238 Å². The van der Waals surface area contributed by atoms with E-state index >= 15 is 0 Å². The highest BCUT2D eigenvalue weighted by Gasteiger charge is 2.34. The summed E-state index contributed by atoms with van der Waals surface area (Å²) in [6, 6.07) is 10.6. The van der Waals surface area contributed by atoms with Crippen molar-refractivity contribution in [3.8, 4) is 0 Å². The largest absolute Gasteiger partial charge is 0.361 e. The summed E-state index contributed by atoms with van der Waals surface area (Å²) in [4.78, 5) is 14.8. The first-order valence-corrected chi connectivity index (χ1v) is 15.5. The Kier molecular flexibility index (Phi) is 9.26. The molecule has 5 rings (SSSR count). The molecule has 2 saturated heterocycles. The lowest BCUT2D eigenvalue weighted by molar-refractivity contribution is 0.292. The lowest BCUT2D eigenvalue weighted by Gasteiger charge is -2.38. The minimum atomic E-state index is 0.0404. The van der Waals surface area contributed by atoms with Crippen LogP contribution in [-0.2, 0) is 5.41 Å². The van der Waals surface area contributed by atoms with E-state index in [1.54, 1.807) is 0 Å². The molecular formula is C30H43ClN6S. The van der Waals surface area contributed by atoms with Crippen LogP contribution in [0.2, 0.25) is 5.02 Å². The van der Waals surface area contributed by atoms with Gasteiger partial charge in [-0.15, -0.1) is 0 Å². The first-order valence-electron chi connectivity index (χ1n) is 14.7. The van der Waals surface area contributed by atoms with Gasteiger partial charge >= 0.3 is 0 Å². The predicted octanol–water partition coefficient (Wildman–Crippen LogP) is 6.94. The van der Waals surface area contributed by atoms with E-state index < -0.39 is 0 Å². The highest BCUT2D eigenvalue weighted by atomic mass is 35.5. The molecule has 8 heteroatoms. The number of hydrogen-bond donors (Lipinski definition) is 2. The summed E-state index contributed by atoms with van der Waals surface area (Å²) in [5.41, 5.74) is 1.35. The quantitative estimate of drug-likeness (QED) is 0.375. The number of thiocarbonyl (C=S) groups is 1. The first kappa shape index (κ1) is 27.4. The van der Waals surface area contributed by atoms with E-state index in [1.165, 1.54) is 63.4 Å². The van der Waals surface area contributed by atoms with Gasteiger partial charge in [-0.3, -0.25) is 0 Å². The van der Waals surface area contributed by atoms with Crippen molar-refractivity contribution in [1.29, 1.82) is 0 Å². The molecule has 0 unspecified atom stereocenters. The lowest BCUT2D eigenvalue weighted by atomic mass is 9.69. The number of benzene rings is 1. The minimum Gasteiger partial charge on any atom is -0.361 e. The van der Waals surface area contributed by atoms with Gasteiger partial charge in [0, 0.05) is 49.2 Å². The molecule has 1 aromatic carbocycles. The van der Waals surface area contributed by atoms with Crippen LogP contribution in [0.5, 0.6) is 0 Å².